The molecule has 6 heteroatoms. The molecule has 1 heterocycles. The first-order valence-corrected chi connectivity index (χ1v) is 8.55. The normalized spacial score (nSPS) is 37.4. The molecule has 4 aliphatic carbocycles. The van der Waals surface area contributed by atoms with Gasteiger partial charge in [-0.25, -0.2) is 4.79 Å². The molecule has 0 spiro atoms. The smallest absolute Gasteiger partial charge is 0.377 e. The zero-order valence-electron chi connectivity index (χ0n) is 13.2. The summed E-state index contributed by atoms with van der Waals surface area (Å²) in [5.41, 5.74) is -0.0536. The topological polar surface area (TPSA) is 73.9 Å². The van der Waals surface area contributed by atoms with Gasteiger partial charge in [0.25, 0.3) is 5.91 Å². The van der Waals surface area contributed by atoms with Crippen LogP contribution in [0.3, 0.4) is 0 Å². The van der Waals surface area contributed by atoms with Crippen LogP contribution < -0.4 is 5.32 Å². The Morgan fingerprint density at radius 2 is 1.78 bits per heavy atom. The van der Waals surface area contributed by atoms with E-state index >= 15 is 0 Å². The highest BCUT2D eigenvalue weighted by Crippen LogP contribution is 2.55. The van der Waals surface area contributed by atoms with Crippen molar-refractivity contribution >= 4 is 11.9 Å². The van der Waals surface area contributed by atoms with E-state index in [1.807, 2.05) is 0 Å². The molecule has 0 unspecified atom stereocenters. The zero-order valence-corrected chi connectivity index (χ0v) is 13.2. The summed E-state index contributed by atoms with van der Waals surface area (Å²) in [6, 6.07) is 0. The number of nitrogens with one attached hydrogen (secondary N) is 1. The lowest BCUT2D eigenvalue weighted by molar-refractivity contribution is -0.150. The molecule has 0 aromatic heterocycles. The molecular formula is C17H23NO5. The number of ether oxygens (including phenoxy) is 3. The van der Waals surface area contributed by atoms with Gasteiger partial charge in [0.05, 0.1) is 0 Å². The molecule has 4 fully saturated rings. The van der Waals surface area contributed by atoms with Crippen LogP contribution in [0.5, 0.6) is 0 Å². The van der Waals surface area contributed by atoms with Gasteiger partial charge >= 0.3 is 5.97 Å². The van der Waals surface area contributed by atoms with E-state index in [1.54, 1.807) is 0 Å². The molecule has 126 valence electrons. The highest BCUT2D eigenvalue weighted by molar-refractivity contribution is 5.88. The molecular weight excluding hydrogens is 298 g/mol. The first kappa shape index (κ1) is 14.8. The number of hydrogen-bond donors (Lipinski definition) is 1. The third-order valence-corrected chi connectivity index (χ3v) is 5.63. The Bertz CT molecular complexity index is 506. The Morgan fingerprint density at radius 1 is 1.13 bits per heavy atom. The van der Waals surface area contributed by atoms with Crippen LogP contribution in [0.1, 0.15) is 38.5 Å². The van der Waals surface area contributed by atoms with E-state index in [1.165, 1.54) is 25.5 Å². The third-order valence-electron chi connectivity index (χ3n) is 5.63. The molecule has 0 aromatic rings. The Hall–Kier alpha value is -1.72. The zero-order chi connectivity index (χ0) is 15.9. The van der Waals surface area contributed by atoms with E-state index < -0.39 is 5.97 Å². The molecule has 0 aromatic carbocycles. The van der Waals surface area contributed by atoms with E-state index in [9.17, 15) is 9.59 Å². The standard InChI is InChI=1S/C17H23NO5/c19-15(10-23-16(20)14-9-21-1-2-22-14)18-17-6-11-3-12(7-17)5-13(4-11)8-17/h9,11-13H,1-8,10H2,(H,18,19). The Labute approximate surface area is 135 Å². The molecule has 6 nitrogen and oxygen atoms in total. The maximum Gasteiger partial charge on any atom is 0.377 e. The molecule has 5 aliphatic rings. The fourth-order valence-corrected chi connectivity index (χ4v) is 5.27. The Morgan fingerprint density at radius 3 is 2.35 bits per heavy atom. The maximum absolute atomic E-state index is 12.2. The second-order valence-corrected chi connectivity index (χ2v) is 7.52. The summed E-state index contributed by atoms with van der Waals surface area (Å²) in [5.74, 6) is 1.47. The van der Waals surface area contributed by atoms with Crippen LogP contribution in [0, 0.1) is 17.8 Å². The van der Waals surface area contributed by atoms with Crippen LogP contribution in [0.25, 0.3) is 0 Å². The van der Waals surface area contributed by atoms with Gasteiger partial charge in [0.1, 0.15) is 19.5 Å². The van der Waals surface area contributed by atoms with E-state index in [4.69, 9.17) is 14.2 Å². The molecule has 0 radical (unpaired) electrons. The minimum atomic E-state index is -0.648. The predicted molar refractivity (Wildman–Crippen MR) is 80.0 cm³/mol. The summed E-state index contributed by atoms with van der Waals surface area (Å²) in [7, 11) is 0. The van der Waals surface area contributed by atoms with Crippen molar-refractivity contribution in [2.24, 2.45) is 17.8 Å². The van der Waals surface area contributed by atoms with Crippen molar-refractivity contribution in [3.63, 3.8) is 0 Å². The molecule has 1 amide bonds. The van der Waals surface area contributed by atoms with Gasteiger partial charge in [-0.1, -0.05) is 0 Å². The molecule has 0 atom stereocenters. The van der Waals surface area contributed by atoms with Crippen molar-refractivity contribution in [1.29, 1.82) is 0 Å². The first-order chi connectivity index (χ1) is 11.1. The second-order valence-electron chi connectivity index (χ2n) is 7.52. The first-order valence-electron chi connectivity index (χ1n) is 8.55. The molecule has 0 saturated heterocycles. The van der Waals surface area contributed by atoms with Crippen molar-refractivity contribution in [2.45, 2.75) is 44.1 Å². The van der Waals surface area contributed by atoms with E-state index in [0.29, 0.717) is 13.2 Å². The summed E-state index contributed by atoms with van der Waals surface area (Å²) < 4.78 is 15.2. The largest absolute Gasteiger partial charge is 0.493 e. The van der Waals surface area contributed by atoms with Gasteiger partial charge in [0, 0.05) is 5.54 Å². The lowest BCUT2D eigenvalue weighted by atomic mass is 9.53. The Balaban J connectivity index is 1.30. The molecule has 1 N–H and O–H groups in total. The van der Waals surface area contributed by atoms with Crippen molar-refractivity contribution in [1.82, 2.24) is 5.32 Å². The molecule has 4 saturated carbocycles. The maximum atomic E-state index is 12.2. The predicted octanol–water partition coefficient (Wildman–Crippen LogP) is 1.50. The van der Waals surface area contributed by atoms with E-state index in [-0.39, 0.29) is 23.8 Å². The van der Waals surface area contributed by atoms with Crippen molar-refractivity contribution in [2.75, 3.05) is 19.8 Å². The second kappa shape index (κ2) is 5.73. The minimum absolute atomic E-state index is 0.0267. The summed E-state index contributed by atoms with van der Waals surface area (Å²) in [5, 5.41) is 3.18. The average Bonchev–Trinajstić information content (AvgIpc) is 2.51. The van der Waals surface area contributed by atoms with Crippen molar-refractivity contribution in [3.8, 4) is 0 Å². The van der Waals surface area contributed by atoms with Gasteiger partial charge in [-0.3, -0.25) is 4.79 Å². The highest BCUT2D eigenvalue weighted by Gasteiger charge is 2.51. The van der Waals surface area contributed by atoms with Gasteiger partial charge in [0.15, 0.2) is 6.61 Å². The number of carbonyl (C=O) groups is 2. The molecule has 23 heavy (non-hydrogen) atoms. The van der Waals surface area contributed by atoms with Crippen LogP contribution in [0.15, 0.2) is 12.0 Å². The molecule has 5 rings (SSSR count). The lowest BCUT2D eigenvalue weighted by Crippen LogP contribution is -2.60. The fourth-order valence-electron chi connectivity index (χ4n) is 5.27. The van der Waals surface area contributed by atoms with Crippen LogP contribution in [-0.4, -0.2) is 37.2 Å². The third kappa shape index (κ3) is 3.03. The number of esters is 1. The number of rotatable bonds is 4. The quantitative estimate of drug-likeness (QED) is 0.794. The Kier molecular flexibility index (Phi) is 3.70. The van der Waals surface area contributed by atoms with Crippen LogP contribution >= 0.6 is 0 Å². The SMILES string of the molecule is O=C(COC(=O)C1=COCCO1)NC12CC3CC(CC(C3)C1)C2. The number of hydrogen-bond acceptors (Lipinski definition) is 5. The number of amides is 1. The van der Waals surface area contributed by atoms with Gasteiger partial charge < -0.3 is 19.5 Å². The van der Waals surface area contributed by atoms with Gasteiger partial charge in [-0.15, -0.1) is 0 Å². The lowest BCUT2D eigenvalue weighted by Gasteiger charge is -2.56. The van der Waals surface area contributed by atoms with Gasteiger partial charge in [-0.05, 0) is 56.3 Å². The van der Waals surface area contributed by atoms with Gasteiger partial charge in [-0.2, -0.15) is 0 Å². The monoisotopic (exact) mass is 321 g/mol. The molecule has 1 aliphatic heterocycles. The summed E-state index contributed by atoms with van der Waals surface area (Å²) in [6.07, 6.45) is 8.48. The summed E-state index contributed by atoms with van der Waals surface area (Å²) in [4.78, 5) is 24.0. The van der Waals surface area contributed by atoms with E-state index in [0.717, 1.165) is 37.0 Å². The average molecular weight is 321 g/mol. The summed E-state index contributed by atoms with van der Waals surface area (Å²) >= 11 is 0. The van der Waals surface area contributed by atoms with Crippen molar-refractivity contribution in [3.05, 3.63) is 12.0 Å². The van der Waals surface area contributed by atoms with Crippen molar-refractivity contribution < 1.29 is 23.8 Å². The van der Waals surface area contributed by atoms with Crippen LogP contribution in [0.2, 0.25) is 0 Å². The molecule has 4 bridgehead atoms. The summed E-state index contributed by atoms with van der Waals surface area (Å²) in [6.45, 7) is 0.477. The minimum Gasteiger partial charge on any atom is -0.493 e. The fraction of sp³-hybridized carbons (Fsp3) is 0.765. The van der Waals surface area contributed by atoms with Gasteiger partial charge in [0.2, 0.25) is 5.76 Å². The van der Waals surface area contributed by atoms with E-state index in [2.05, 4.69) is 5.32 Å². The number of carbonyl (C=O) groups excluding carboxylic acids is 2. The van der Waals surface area contributed by atoms with Crippen LogP contribution in [-0.2, 0) is 23.8 Å². The highest BCUT2D eigenvalue weighted by atomic mass is 16.6. The van der Waals surface area contributed by atoms with Crippen LogP contribution in [0.4, 0.5) is 0 Å².